The number of carbonyl (C=O) groups is 1. The smallest absolute Gasteiger partial charge is 0.373 e. The molecule has 112 valence electrons. The largest absolute Gasteiger partial charge is 0.494 e. The summed E-state index contributed by atoms with van der Waals surface area (Å²) in [7, 11) is 2.69. The van der Waals surface area contributed by atoms with Crippen molar-refractivity contribution < 1.29 is 23.1 Å². The summed E-state index contributed by atoms with van der Waals surface area (Å²) in [5.74, 6) is -0.1000. The molecule has 0 saturated heterocycles. The van der Waals surface area contributed by atoms with Crippen LogP contribution < -0.4 is 10.1 Å². The lowest BCUT2D eigenvalue weighted by atomic mass is 10.2. The van der Waals surface area contributed by atoms with Crippen LogP contribution in [-0.4, -0.2) is 20.2 Å². The molecule has 2 rings (SSSR count). The topological polar surface area (TPSA) is 60.7 Å². The Morgan fingerprint density at radius 3 is 2.71 bits per heavy atom. The molecule has 0 bridgehead atoms. The number of halogens is 1. The summed E-state index contributed by atoms with van der Waals surface area (Å²) in [5.41, 5.74) is 0.678. The van der Waals surface area contributed by atoms with E-state index < -0.39 is 11.8 Å². The van der Waals surface area contributed by atoms with Crippen molar-refractivity contribution in [3.05, 3.63) is 47.7 Å². The summed E-state index contributed by atoms with van der Waals surface area (Å²) in [5, 5.41) is 3.14. The van der Waals surface area contributed by atoms with Gasteiger partial charge >= 0.3 is 5.97 Å². The van der Waals surface area contributed by atoms with Gasteiger partial charge in [0, 0.05) is 11.8 Å². The predicted molar refractivity (Wildman–Crippen MR) is 75.0 cm³/mol. The normalized spacial score (nSPS) is 11.8. The van der Waals surface area contributed by atoms with Crippen molar-refractivity contribution in [2.45, 2.75) is 13.0 Å². The Kier molecular flexibility index (Phi) is 4.47. The second kappa shape index (κ2) is 6.30. The quantitative estimate of drug-likeness (QED) is 0.856. The van der Waals surface area contributed by atoms with E-state index in [2.05, 4.69) is 10.1 Å². The average Bonchev–Trinajstić information content (AvgIpc) is 2.98. The summed E-state index contributed by atoms with van der Waals surface area (Å²) in [6, 6.07) is 7.48. The van der Waals surface area contributed by atoms with Crippen LogP contribution in [0.5, 0.6) is 5.75 Å². The minimum Gasteiger partial charge on any atom is -0.494 e. The Morgan fingerprint density at radius 2 is 2.05 bits per heavy atom. The molecule has 21 heavy (non-hydrogen) atoms. The standard InChI is InChI=1S/C15H16FNO4/c1-9(12-6-7-13(21-12)15(18)20-3)17-10-4-5-11(16)14(8-10)19-2/h4-9,17H,1-3H3. The number of ether oxygens (including phenoxy) is 2. The molecule has 1 atom stereocenters. The molecule has 0 aliphatic rings. The van der Waals surface area contributed by atoms with Crippen LogP contribution in [-0.2, 0) is 4.74 Å². The van der Waals surface area contributed by atoms with Gasteiger partial charge in [-0.25, -0.2) is 9.18 Å². The van der Waals surface area contributed by atoms with Crippen molar-refractivity contribution in [3.8, 4) is 5.75 Å². The molecule has 6 heteroatoms. The Hall–Kier alpha value is -2.50. The van der Waals surface area contributed by atoms with Gasteiger partial charge in [0.25, 0.3) is 0 Å². The third kappa shape index (κ3) is 3.34. The number of hydrogen-bond acceptors (Lipinski definition) is 5. The minimum absolute atomic E-state index is 0.137. The number of hydrogen-bond donors (Lipinski definition) is 1. The van der Waals surface area contributed by atoms with Crippen LogP contribution in [0.25, 0.3) is 0 Å². The number of furan rings is 1. The second-order valence-corrected chi connectivity index (χ2v) is 4.41. The molecular weight excluding hydrogens is 277 g/mol. The SMILES string of the molecule is COC(=O)c1ccc(C(C)Nc2ccc(F)c(OC)c2)o1. The highest BCUT2D eigenvalue weighted by molar-refractivity contribution is 5.86. The molecule has 5 nitrogen and oxygen atoms in total. The molecule has 0 spiro atoms. The molecule has 2 aromatic rings. The highest BCUT2D eigenvalue weighted by Crippen LogP contribution is 2.26. The Bertz CT molecular complexity index is 638. The van der Waals surface area contributed by atoms with Crippen molar-refractivity contribution in [3.63, 3.8) is 0 Å². The van der Waals surface area contributed by atoms with E-state index in [9.17, 15) is 9.18 Å². The van der Waals surface area contributed by atoms with Gasteiger partial charge in [-0.3, -0.25) is 0 Å². The first-order chi connectivity index (χ1) is 10.0. The van der Waals surface area contributed by atoms with E-state index in [1.807, 2.05) is 6.92 Å². The molecular formula is C15H16FNO4. The zero-order valence-corrected chi connectivity index (χ0v) is 12.0. The van der Waals surface area contributed by atoms with E-state index in [0.29, 0.717) is 11.4 Å². The average molecular weight is 293 g/mol. The van der Waals surface area contributed by atoms with Gasteiger partial charge in [0.15, 0.2) is 11.6 Å². The van der Waals surface area contributed by atoms with E-state index in [1.165, 1.54) is 20.3 Å². The van der Waals surface area contributed by atoms with Crippen LogP contribution >= 0.6 is 0 Å². The van der Waals surface area contributed by atoms with Gasteiger partial charge in [-0.2, -0.15) is 0 Å². The lowest BCUT2D eigenvalue weighted by Gasteiger charge is -2.14. The van der Waals surface area contributed by atoms with E-state index in [-0.39, 0.29) is 17.6 Å². The Morgan fingerprint density at radius 1 is 1.29 bits per heavy atom. The monoisotopic (exact) mass is 293 g/mol. The maximum Gasteiger partial charge on any atom is 0.373 e. The molecule has 0 amide bonds. The van der Waals surface area contributed by atoms with Gasteiger partial charge < -0.3 is 19.2 Å². The van der Waals surface area contributed by atoms with E-state index in [1.54, 1.807) is 24.3 Å². The molecule has 0 radical (unpaired) electrons. The van der Waals surface area contributed by atoms with Gasteiger partial charge in [0.05, 0.1) is 20.3 Å². The van der Waals surface area contributed by atoms with E-state index in [4.69, 9.17) is 9.15 Å². The molecule has 1 aromatic carbocycles. The minimum atomic E-state index is -0.531. The van der Waals surface area contributed by atoms with Crippen molar-refractivity contribution in [2.24, 2.45) is 0 Å². The van der Waals surface area contributed by atoms with Crippen molar-refractivity contribution >= 4 is 11.7 Å². The van der Waals surface area contributed by atoms with E-state index >= 15 is 0 Å². The lowest BCUT2D eigenvalue weighted by molar-refractivity contribution is 0.0562. The first-order valence-electron chi connectivity index (χ1n) is 6.33. The van der Waals surface area contributed by atoms with Gasteiger partial charge in [-0.15, -0.1) is 0 Å². The first-order valence-corrected chi connectivity index (χ1v) is 6.33. The maximum absolute atomic E-state index is 13.3. The number of benzene rings is 1. The number of nitrogens with one attached hydrogen (secondary N) is 1. The summed E-state index contributed by atoms with van der Waals surface area (Å²) in [6.45, 7) is 1.86. The Labute approximate surface area is 121 Å². The molecule has 1 aromatic heterocycles. The number of methoxy groups -OCH3 is 2. The number of esters is 1. The van der Waals surface area contributed by atoms with Gasteiger partial charge in [-0.05, 0) is 31.2 Å². The van der Waals surface area contributed by atoms with Crippen LogP contribution in [0, 0.1) is 5.82 Å². The lowest BCUT2D eigenvalue weighted by Crippen LogP contribution is -2.06. The Balaban J connectivity index is 2.12. The van der Waals surface area contributed by atoms with Crippen molar-refractivity contribution in [2.75, 3.05) is 19.5 Å². The highest BCUT2D eigenvalue weighted by Gasteiger charge is 2.15. The van der Waals surface area contributed by atoms with Gasteiger partial charge in [-0.1, -0.05) is 0 Å². The third-order valence-electron chi connectivity index (χ3n) is 2.97. The van der Waals surface area contributed by atoms with Crippen LogP contribution in [0.1, 0.15) is 29.3 Å². The first kappa shape index (κ1) is 14.9. The maximum atomic E-state index is 13.3. The summed E-state index contributed by atoms with van der Waals surface area (Å²) >= 11 is 0. The van der Waals surface area contributed by atoms with Crippen LogP contribution in [0.15, 0.2) is 34.7 Å². The molecule has 1 heterocycles. The third-order valence-corrected chi connectivity index (χ3v) is 2.97. The summed E-state index contributed by atoms with van der Waals surface area (Å²) in [4.78, 5) is 11.3. The van der Waals surface area contributed by atoms with Crippen molar-refractivity contribution in [1.82, 2.24) is 0 Å². The predicted octanol–water partition coefficient (Wildman–Crippen LogP) is 3.39. The molecule has 1 unspecified atom stereocenters. The van der Waals surface area contributed by atoms with Crippen LogP contribution in [0.2, 0.25) is 0 Å². The van der Waals surface area contributed by atoms with Gasteiger partial charge in [0.2, 0.25) is 5.76 Å². The van der Waals surface area contributed by atoms with Crippen LogP contribution in [0.3, 0.4) is 0 Å². The molecule has 0 aliphatic heterocycles. The fraction of sp³-hybridized carbons (Fsp3) is 0.267. The van der Waals surface area contributed by atoms with Crippen LogP contribution in [0.4, 0.5) is 10.1 Å². The molecule has 1 N–H and O–H groups in total. The number of anilines is 1. The molecule has 0 aliphatic carbocycles. The molecule has 0 saturated carbocycles. The molecule has 0 fully saturated rings. The summed E-state index contributed by atoms with van der Waals surface area (Å²) in [6.07, 6.45) is 0. The fourth-order valence-electron chi connectivity index (χ4n) is 1.87. The van der Waals surface area contributed by atoms with Crippen molar-refractivity contribution in [1.29, 1.82) is 0 Å². The highest BCUT2D eigenvalue weighted by atomic mass is 19.1. The number of rotatable bonds is 5. The second-order valence-electron chi connectivity index (χ2n) is 4.41. The fourth-order valence-corrected chi connectivity index (χ4v) is 1.87. The summed E-state index contributed by atoms with van der Waals surface area (Å²) < 4.78 is 28.3. The zero-order chi connectivity index (χ0) is 15.4. The van der Waals surface area contributed by atoms with Gasteiger partial charge in [0.1, 0.15) is 5.76 Å². The number of carbonyl (C=O) groups excluding carboxylic acids is 1. The van der Waals surface area contributed by atoms with E-state index in [0.717, 1.165) is 0 Å². The zero-order valence-electron chi connectivity index (χ0n) is 12.0.